The fourth-order valence-electron chi connectivity index (χ4n) is 7.90. The number of morpholine rings is 1. The first kappa shape index (κ1) is 29.5. The molecule has 0 aliphatic carbocycles. The third-order valence-electron chi connectivity index (χ3n) is 9.97. The summed E-state index contributed by atoms with van der Waals surface area (Å²) in [6.07, 6.45) is 6.26. The molecule has 0 radical (unpaired) electrons. The quantitative estimate of drug-likeness (QED) is 0.362. The number of nitrogens with one attached hydrogen (secondary N) is 4. The van der Waals surface area contributed by atoms with E-state index in [1.807, 2.05) is 9.91 Å². The van der Waals surface area contributed by atoms with E-state index in [9.17, 15) is 14.4 Å². The largest absolute Gasteiger partial charge is 0.453 e. The van der Waals surface area contributed by atoms with Crippen LogP contribution in [0.5, 0.6) is 0 Å². The van der Waals surface area contributed by atoms with Gasteiger partial charge in [0.1, 0.15) is 19.1 Å². The van der Waals surface area contributed by atoms with Gasteiger partial charge in [0.2, 0.25) is 11.8 Å². The van der Waals surface area contributed by atoms with Gasteiger partial charge in [0, 0.05) is 37.3 Å². The Bertz CT molecular complexity index is 1340. The minimum absolute atomic E-state index is 0.0140. The average molecular weight is 609 g/mol. The molecule has 13 heteroatoms. The van der Waals surface area contributed by atoms with Gasteiger partial charge in [-0.1, -0.05) is 32.1 Å². The number of hydrogen-bond donors (Lipinski definition) is 4. The van der Waals surface area contributed by atoms with Gasteiger partial charge in [-0.3, -0.25) is 30.5 Å². The Hall–Kier alpha value is -3.23. The van der Waals surface area contributed by atoms with Gasteiger partial charge in [0.25, 0.3) is 0 Å². The lowest BCUT2D eigenvalue weighted by Gasteiger charge is -2.50. The van der Waals surface area contributed by atoms with Crippen molar-refractivity contribution in [3.8, 4) is 0 Å². The van der Waals surface area contributed by atoms with Crippen LogP contribution in [0.3, 0.4) is 0 Å². The number of hydrogen-bond acceptors (Lipinski definition) is 10. The lowest BCUT2D eigenvalue weighted by molar-refractivity contribution is -0.176. The van der Waals surface area contributed by atoms with E-state index in [0.717, 1.165) is 36.9 Å². The van der Waals surface area contributed by atoms with E-state index in [0.29, 0.717) is 32.7 Å². The molecule has 3 amide bonds. The summed E-state index contributed by atoms with van der Waals surface area (Å²) in [6.45, 7) is 7.21. The van der Waals surface area contributed by atoms with Gasteiger partial charge < -0.3 is 24.6 Å². The number of anilines is 1. The zero-order valence-electron chi connectivity index (χ0n) is 25.8. The molecule has 4 fully saturated rings. The topological polar surface area (TPSA) is 131 Å². The zero-order chi connectivity index (χ0) is 30.6. The lowest BCUT2D eigenvalue weighted by Crippen LogP contribution is -2.72. The smallest absolute Gasteiger partial charge is 0.409 e. The van der Waals surface area contributed by atoms with Crippen LogP contribution < -0.4 is 21.3 Å². The summed E-state index contributed by atoms with van der Waals surface area (Å²) in [5.41, 5.74) is 3.02. The number of ether oxygens (including phenoxy) is 2. The third kappa shape index (κ3) is 5.24. The van der Waals surface area contributed by atoms with Crippen LogP contribution >= 0.6 is 0 Å². The Morgan fingerprint density at radius 2 is 2.00 bits per heavy atom. The number of hydrazine groups is 1. The van der Waals surface area contributed by atoms with Crippen molar-refractivity contribution in [3.05, 3.63) is 41.5 Å². The minimum Gasteiger partial charge on any atom is -0.453 e. The number of allylic oxidation sites excluding steroid dienone is 1. The molecular weight excluding hydrogens is 564 g/mol. The first-order valence-corrected chi connectivity index (χ1v) is 15.9. The number of benzene rings is 1. The normalized spacial score (nSPS) is 34.2. The highest BCUT2D eigenvalue weighted by molar-refractivity contribution is 5.82. The summed E-state index contributed by atoms with van der Waals surface area (Å²) in [5, 5.41) is 18.5. The number of fused-ring (bicyclic) bond motifs is 6. The molecule has 7 rings (SSSR count). The second-order valence-corrected chi connectivity index (χ2v) is 13.3. The van der Waals surface area contributed by atoms with Crippen molar-refractivity contribution in [1.29, 1.82) is 0 Å². The van der Waals surface area contributed by atoms with Crippen LogP contribution in [0.4, 0.5) is 10.5 Å². The summed E-state index contributed by atoms with van der Waals surface area (Å²) in [7, 11) is 1.42. The van der Waals surface area contributed by atoms with Crippen molar-refractivity contribution in [3.63, 3.8) is 0 Å². The maximum Gasteiger partial charge on any atom is 0.409 e. The Morgan fingerprint density at radius 3 is 2.84 bits per heavy atom. The minimum atomic E-state index is -0.324. The van der Waals surface area contributed by atoms with Gasteiger partial charge in [-0.2, -0.15) is 5.01 Å². The standard InChI is InChI=1S/C31H44N8O5/c1-31(2)18-36(30(42)43-3)16-19-14-20(8-9-22(19)31)33-29-32-15-21-26(35-29)39-24-11-10-23-27(34-24)37(25(40)17-44-23)12-6-4-5-7-13-38(39)28(21)41/h5,7-9,14,21,23-24,26-27,29,32-35H,4,6,10-13,15-18H2,1-3H3/b7-5-. The van der Waals surface area contributed by atoms with Crippen molar-refractivity contribution in [1.82, 2.24) is 35.8 Å². The van der Waals surface area contributed by atoms with Crippen molar-refractivity contribution >= 4 is 23.6 Å². The summed E-state index contributed by atoms with van der Waals surface area (Å²) in [4.78, 5) is 42.7. The second-order valence-electron chi connectivity index (χ2n) is 13.3. The molecule has 44 heavy (non-hydrogen) atoms. The molecule has 1 aromatic rings. The van der Waals surface area contributed by atoms with Crippen LogP contribution in [0.2, 0.25) is 0 Å². The van der Waals surface area contributed by atoms with Crippen molar-refractivity contribution in [2.75, 3.05) is 45.2 Å². The van der Waals surface area contributed by atoms with Gasteiger partial charge in [-0.05, 0) is 48.9 Å². The van der Waals surface area contributed by atoms with Crippen molar-refractivity contribution in [2.24, 2.45) is 5.92 Å². The highest BCUT2D eigenvalue weighted by atomic mass is 16.5. The van der Waals surface area contributed by atoms with Crippen LogP contribution in [0.1, 0.15) is 50.7 Å². The number of piperidine rings is 1. The van der Waals surface area contributed by atoms with Crippen LogP contribution in [-0.2, 0) is 31.0 Å². The Labute approximate surface area is 258 Å². The maximum atomic E-state index is 13.8. The first-order chi connectivity index (χ1) is 21.2. The molecule has 238 valence electrons. The number of rotatable bonds is 2. The van der Waals surface area contributed by atoms with Crippen LogP contribution in [0, 0.1) is 5.92 Å². The molecule has 6 heterocycles. The monoisotopic (exact) mass is 608 g/mol. The van der Waals surface area contributed by atoms with Gasteiger partial charge in [-0.15, -0.1) is 0 Å². The van der Waals surface area contributed by atoms with Crippen LogP contribution in [0.25, 0.3) is 0 Å². The molecule has 0 saturated carbocycles. The van der Waals surface area contributed by atoms with Gasteiger partial charge >= 0.3 is 6.09 Å². The lowest BCUT2D eigenvalue weighted by atomic mass is 9.78. The Balaban J connectivity index is 1.12. The van der Waals surface area contributed by atoms with E-state index < -0.39 is 0 Å². The van der Waals surface area contributed by atoms with E-state index in [2.05, 4.69) is 70.5 Å². The van der Waals surface area contributed by atoms with Crippen LogP contribution in [-0.4, -0.2) is 109 Å². The van der Waals surface area contributed by atoms with Crippen molar-refractivity contribution in [2.45, 2.75) is 82.4 Å². The zero-order valence-corrected chi connectivity index (χ0v) is 25.8. The molecule has 6 unspecified atom stereocenters. The van der Waals surface area contributed by atoms with E-state index in [1.54, 1.807) is 4.90 Å². The van der Waals surface area contributed by atoms with Gasteiger partial charge in [0.05, 0.1) is 38.0 Å². The summed E-state index contributed by atoms with van der Waals surface area (Å²) in [5.74, 6) is -0.157. The molecule has 6 aliphatic rings. The summed E-state index contributed by atoms with van der Waals surface area (Å²) < 4.78 is 11.0. The first-order valence-electron chi connectivity index (χ1n) is 15.9. The molecule has 4 N–H and O–H groups in total. The predicted molar refractivity (Wildman–Crippen MR) is 161 cm³/mol. The molecule has 13 nitrogen and oxygen atoms in total. The van der Waals surface area contributed by atoms with Gasteiger partial charge in [0.15, 0.2) is 0 Å². The molecule has 0 spiro atoms. The maximum absolute atomic E-state index is 13.8. The van der Waals surface area contributed by atoms with E-state index in [4.69, 9.17) is 9.47 Å². The van der Waals surface area contributed by atoms with E-state index in [1.165, 1.54) is 12.7 Å². The van der Waals surface area contributed by atoms with E-state index >= 15 is 0 Å². The SMILES string of the molecule is COC(=O)N1Cc2cc(NC3NCC4C(=O)N5C/C=C\CCCN6C(=O)COC7CCC(NC76)N5C4N3)ccc2C(C)(C)C1. The molecule has 2 bridgehead atoms. The molecule has 1 aromatic carbocycles. The van der Waals surface area contributed by atoms with Gasteiger partial charge in [-0.25, -0.2) is 4.79 Å². The predicted octanol–water partition coefficient (Wildman–Crippen LogP) is 1.05. The summed E-state index contributed by atoms with van der Waals surface area (Å²) >= 11 is 0. The second kappa shape index (κ2) is 11.6. The molecule has 6 atom stereocenters. The molecule has 0 aromatic heterocycles. The third-order valence-corrected chi connectivity index (χ3v) is 9.97. The summed E-state index contributed by atoms with van der Waals surface area (Å²) in [6, 6.07) is 6.32. The fraction of sp³-hybridized carbons (Fsp3) is 0.645. The Morgan fingerprint density at radius 1 is 1.14 bits per heavy atom. The number of carbonyl (C=O) groups excluding carboxylic acids is 3. The van der Waals surface area contributed by atoms with Crippen LogP contribution in [0.15, 0.2) is 30.4 Å². The highest BCUT2D eigenvalue weighted by Crippen LogP contribution is 2.36. The number of carbonyl (C=O) groups is 3. The molecular formula is C31H44N8O5. The number of nitrogens with zero attached hydrogens (tertiary/aromatic N) is 4. The van der Waals surface area contributed by atoms with E-state index in [-0.39, 0.29) is 66.7 Å². The molecule has 4 saturated heterocycles. The molecule has 6 aliphatic heterocycles. The number of amides is 3. The Kier molecular flexibility index (Phi) is 7.78. The average Bonchev–Trinajstić information content (AvgIpc) is 3.28. The fourth-order valence-corrected chi connectivity index (χ4v) is 7.90. The van der Waals surface area contributed by atoms with Crippen molar-refractivity contribution < 1.29 is 23.9 Å². The number of methoxy groups -OCH3 is 1. The highest BCUT2D eigenvalue weighted by Gasteiger charge is 2.53.